The first-order chi connectivity index (χ1) is 13.5. The minimum Gasteiger partial charge on any atom is -0.329 e. The van der Waals surface area contributed by atoms with E-state index < -0.39 is 13.7 Å². The Hall–Kier alpha value is -1.91. The lowest BCUT2D eigenvalue weighted by Crippen LogP contribution is -2.37. The average Bonchev–Trinajstić information content (AvgIpc) is 2.64. The molecule has 0 aliphatic heterocycles. The molecule has 1 rings (SSSR count). The number of amides is 1. The van der Waals surface area contributed by atoms with Gasteiger partial charge in [-0.3, -0.25) is 13.8 Å². The fourth-order valence-electron chi connectivity index (χ4n) is 2.09. The van der Waals surface area contributed by atoms with Crippen molar-refractivity contribution in [3.63, 3.8) is 0 Å². The molecule has 1 amide bonds. The summed E-state index contributed by atoms with van der Waals surface area (Å²) >= 11 is 1.30. The van der Waals surface area contributed by atoms with Crippen LogP contribution in [0.2, 0.25) is 0 Å². The number of hydrogen-bond acceptors (Lipinski definition) is 7. The molecular weight excluding hydrogens is 415 g/mol. The zero-order valence-electron chi connectivity index (χ0n) is 17.0. The molecular formula is C18H26N4O5PS+. The fourth-order valence-corrected chi connectivity index (χ4v) is 3.27. The summed E-state index contributed by atoms with van der Waals surface area (Å²) in [6, 6.07) is 3.44. The normalized spacial score (nSPS) is 13.2. The van der Waals surface area contributed by atoms with Crippen LogP contribution in [-0.4, -0.2) is 85.4 Å². The van der Waals surface area contributed by atoms with Gasteiger partial charge in [0, 0.05) is 12.7 Å². The lowest BCUT2D eigenvalue weighted by atomic mass is 10.2. The predicted molar refractivity (Wildman–Crippen MR) is 110 cm³/mol. The number of nitrogens with zero attached hydrogens (tertiary/aromatic N) is 4. The molecule has 9 nitrogen and oxygen atoms in total. The number of aromatic nitrogens is 1. The van der Waals surface area contributed by atoms with Crippen molar-refractivity contribution in [2.45, 2.75) is 5.03 Å². The molecule has 1 aromatic rings. The van der Waals surface area contributed by atoms with Gasteiger partial charge in [-0.15, -0.1) is 18.2 Å². The van der Waals surface area contributed by atoms with E-state index in [9.17, 15) is 19.5 Å². The number of phosphoric acid groups is 1. The number of likely N-dealkylation sites (N-methyl/N-ethyl adjacent to an activating group) is 1. The molecule has 0 aromatic carbocycles. The van der Waals surface area contributed by atoms with Crippen LogP contribution in [-0.2, 0) is 13.6 Å². The van der Waals surface area contributed by atoms with E-state index in [1.54, 1.807) is 6.26 Å². The first kappa shape index (κ1) is 25.1. The van der Waals surface area contributed by atoms with Crippen molar-refractivity contribution in [1.29, 1.82) is 5.26 Å². The molecule has 0 spiro atoms. The van der Waals surface area contributed by atoms with Crippen LogP contribution in [0.15, 0.2) is 17.3 Å². The number of hydrogen-bond donors (Lipinski definition) is 1. The highest BCUT2D eigenvalue weighted by Gasteiger charge is 2.24. The Bertz CT molecular complexity index is 844. The van der Waals surface area contributed by atoms with Crippen LogP contribution in [0.5, 0.6) is 0 Å². The van der Waals surface area contributed by atoms with E-state index in [0.717, 1.165) is 0 Å². The van der Waals surface area contributed by atoms with Crippen molar-refractivity contribution >= 4 is 25.5 Å². The molecule has 0 radical (unpaired) electrons. The number of rotatable bonds is 11. The first-order valence-corrected chi connectivity index (χ1v) is 11.3. The van der Waals surface area contributed by atoms with Crippen LogP contribution in [0.4, 0.5) is 0 Å². The van der Waals surface area contributed by atoms with Gasteiger partial charge in [0.2, 0.25) is 0 Å². The van der Waals surface area contributed by atoms with Crippen LogP contribution in [0.3, 0.4) is 0 Å². The zero-order valence-corrected chi connectivity index (χ0v) is 18.7. The Labute approximate surface area is 175 Å². The molecule has 1 heterocycles. The summed E-state index contributed by atoms with van der Waals surface area (Å²) < 4.78 is 22.4. The van der Waals surface area contributed by atoms with E-state index in [2.05, 4.69) is 10.9 Å². The Morgan fingerprint density at radius 3 is 2.62 bits per heavy atom. The Morgan fingerprint density at radius 2 is 2.07 bits per heavy atom. The van der Waals surface area contributed by atoms with Crippen molar-refractivity contribution in [3.05, 3.63) is 23.4 Å². The van der Waals surface area contributed by atoms with E-state index >= 15 is 0 Å². The molecule has 1 atom stereocenters. The van der Waals surface area contributed by atoms with Gasteiger partial charge in [0.1, 0.15) is 24.2 Å². The maximum atomic E-state index is 12.7. The van der Waals surface area contributed by atoms with E-state index in [0.29, 0.717) is 16.1 Å². The van der Waals surface area contributed by atoms with Crippen molar-refractivity contribution in [3.8, 4) is 18.4 Å². The van der Waals surface area contributed by atoms with Crippen LogP contribution < -0.4 is 0 Å². The zero-order chi connectivity index (χ0) is 22.1. The molecule has 0 aliphatic carbocycles. The number of quaternary nitrogens is 1. The minimum absolute atomic E-state index is 0.0293. The van der Waals surface area contributed by atoms with Crippen molar-refractivity contribution in [1.82, 2.24) is 9.88 Å². The van der Waals surface area contributed by atoms with Gasteiger partial charge < -0.3 is 14.3 Å². The highest BCUT2D eigenvalue weighted by molar-refractivity contribution is 7.98. The number of carbonyl (C=O) groups excluding carboxylic acids is 1. The molecule has 158 valence electrons. The van der Waals surface area contributed by atoms with Crippen molar-refractivity contribution in [2.75, 3.05) is 60.2 Å². The SMILES string of the molecule is C#CCN(CCOP(=O)(O)OCC[N+](C)(C)C)C(=O)c1cnc(SC)c(C#N)c1. The van der Waals surface area contributed by atoms with Gasteiger partial charge in [-0.25, -0.2) is 9.55 Å². The highest BCUT2D eigenvalue weighted by atomic mass is 32.2. The quantitative estimate of drug-likeness (QED) is 0.238. The minimum atomic E-state index is -4.24. The summed E-state index contributed by atoms with van der Waals surface area (Å²) in [5.41, 5.74) is 0.478. The van der Waals surface area contributed by atoms with E-state index in [-0.39, 0.29) is 37.4 Å². The standard InChI is InChI=1S/C18H25N4O5PS/c1-6-7-21(8-10-26-28(24,25)27-11-9-22(2,3)4)18(23)16-12-15(13-19)17(29-5)20-14-16/h1,12,14H,7-11H2,2-5H3/p+1. The summed E-state index contributed by atoms with van der Waals surface area (Å²) in [7, 11) is 1.54. The average molecular weight is 441 g/mol. The summed E-state index contributed by atoms with van der Waals surface area (Å²) in [5, 5.41) is 9.71. The number of terminal acetylenes is 1. The monoisotopic (exact) mass is 441 g/mol. The number of pyridine rings is 1. The number of carbonyl (C=O) groups is 1. The predicted octanol–water partition coefficient (Wildman–Crippen LogP) is 1.59. The molecule has 1 unspecified atom stereocenters. The molecule has 0 saturated carbocycles. The first-order valence-electron chi connectivity index (χ1n) is 8.62. The van der Waals surface area contributed by atoms with E-state index in [1.807, 2.05) is 27.2 Å². The molecule has 0 bridgehead atoms. The van der Waals surface area contributed by atoms with E-state index in [1.165, 1.54) is 28.9 Å². The molecule has 29 heavy (non-hydrogen) atoms. The Balaban J connectivity index is 2.72. The molecule has 0 saturated heterocycles. The third kappa shape index (κ3) is 8.97. The number of phosphoric ester groups is 1. The van der Waals surface area contributed by atoms with E-state index in [4.69, 9.17) is 15.5 Å². The van der Waals surface area contributed by atoms with Gasteiger partial charge in [-0.1, -0.05) is 5.92 Å². The van der Waals surface area contributed by atoms with Crippen LogP contribution in [0.1, 0.15) is 15.9 Å². The maximum Gasteiger partial charge on any atom is 0.472 e. The van der Waals surface area contributed by atoms with Gasteiger partial charge in [-0.2, -0.15) is 5.26 Å². The third-order valence-corrected chi connectivity index (χ3v) is 5.34. The second-order valence-corrected chi connectivity index (χ2v) is 9.22. The lowest BCUT2D eigenvalue weighted by Gasteiger charge is -2.24. The second kappa shape index (κ2) is 11.3. The molecule has 0 aliphatic rings. The molecule has 11 heteroatoms. The topological polar surface area (TPSA) is 113 Å². The van der Waals surface area contributed by atoms with Crippen molar-refractivity contribution < 1.29 is 27.8 Å². The van der Waals surface area contributed by atoms with Gasteiger partial charge in [-0.05, 0) is 12.3 Å². The summed E-state index contributed by atoms with van der Waals surface area (Å²) in [5.74, 6) is 1.91. The van der Waals surface area contributed by atoms with Gasteiger partial charge in [0.05, 0.1) is 45.4 Å². The Morgan fingerprint density at radius 1 is 1.41 bits per heavy atom. The largest absolute Gasteiger partial charge is 0.472 e. The smallest absolute Gasteiger partial charge is 0.329 e. The lowest BCUT2D eigenvalue weighted by molar-refractivity contribution is -0.870. The summed E-state index contributed by atoms with van der Waals surface area (Å²) in [4.78, 5) is 27.8. The number of thioether (sulfide) groups is 1. The van der Waals surface area contributed by atoms with Gasteiger partial charge >= 0.3 is 7.82 Å². The maximum absolute atomic E-state index is 12.7. The fraction of sp³-hybridized carbons (Fsp3) is 0.500. The number of nitriles is 1. The molecule has 0 fully saturated rings. The van der Waals surface area contributed by atoms with Crippen molar-refractivity contribution in [2.24, 2.45) is 0 Å². The van der Waals surface area contributed by atoms with Crippen LogP contribution >= 0.6 is 19.6 Å². The summed E-state index contributed by atoms with van der Waals surface area (Å²) in [6.45, 7) is 0.266. The highest BCUT2D eigenvalue weighted by Crippen LogP contribution is 2.42. The van der Waals surface area contributed by atoms with Gasteiger partial charge in [0.15, 0.2) is 0 Å². The third-order valence-electron chi connectivity index (χ3n) is 3.61. The van der Waals surface area contributed by atoms with Crippen LogP contribution in [0, 0.1) is 23.7 Å². The van der Waals surface area contributed by atoms with Gasteiger partial charge in [0.25, 0.3) is 5.91 Å². The molecule has 1 aromatic heterocycles. The Kier molecular flexibility index (Phi) is 9.81. The molecule has 1 N–H and O–H groups in total. The second-order valence-electron chi connectivity index (χ2n) is 6.97. The van der Waals surface area contributed by atoms with Crippen LogP contribution in [0.25, 0.3) is 0 Å². The summed E-state index contributed by atoms with van der Waals surface area (Å²) in [6.07, 6.45) is 8.47.